The van der Waals surface area contributed by atoms with Crippen molar-refractivity contribution in [3.05, 3.63) is 16.3 Å². The first-order valence-electron chi connectivity index (χ1n) is 8.62. The molecule has 1 fully saturated rings. The van der Waals surface area contributed by atoms with Gasteiger partial charge in [-0.15, -0.1) is 22.0 Å². The Hall–Kier alpha value is -1.97. The van der Waals surface area contributed by atoms with Gasteiger partial charge in [0, 0.05) is 11.5 Å². The number of nitrogens with one attached hydrogen (secondary N) is 1. The van der Waals surface area contributed by atoms with Crippen LogP contribution in [0.3, 0.4) is 0 Å². The van der Waals surface area contributed by atoms with Crippen molar-refractivity contribution in [2.24, 2.45) is 5.16 Å². The van der Waals surface area contributed by atoms with E-state index < -0.39 is 40.7 Å². The van der Waals surface area contributed by atoms with Crippen LogP contribution in [0.5, 0.6) is 0 Å². The molecule has 0 spiro atoms. The number of carboxylic acid groups (broad SMARTS) is 1. The first-order chi connectivity index (χ1) is 14.8. The zero-order valence-corrected chi connectivity index (χ0v) is 20.2. The van der Waals surface area contributed by atoms with Crippen molar-refractivity contribution in [1.29, 1.82) is 0 Å². The van der Waals surface area contributed by atoms with E-state index in [1.54, 1.807) is 0 Å². The highest BCUT2D eigenvalue weighted by Gasteiger charge is 2.54. The zero-order valence-electron chi connectivity index (χ0n) is 16.2. The number of β-lactam (4-membered cyclic amide) rings is 1. The molecule has 166 valence electrons. The van der Waals surface area contributed by atoms with Crippen LogP contribution in [0.25, 0.3) is 0 Å². The molecular weight excluding hydrogens is 534 g/mol. The molecule has 2 atom stereocenters. The van der Waals surface area contributed by atoms with E-state index in [1.807, 2.05) is 6.92 Å². The molecule has 15 heteroatoms. The fraction of sp³-hybridized carbons (Fsp3) is 0.438. The van der Waals surface area contributed by atoms with Gasteiger partial charge in [0.2, 0.25) is 11.5 Å². The monoisotopic (exact) mass is 549 g/mol. The number of hydrogen-bond donors (Lipinski definition) is 2. The van der Waals surface area contributed by atoms with Gasteiger partial charge in [0.1, 0.15) is 29.2 Å². The summed E-state index contributed by atoms with van der Waals surface area (Å²) in [5.41, 5.74) is 0.0148. The Balaban J connectivity index is 1.74. The average Bonchev–Trinajstić information content (AvgIpc) is 3.17. The standard InChI is InChI=1S/C16H16BrN5O6S3/c1-6-19-20-16(31-6)30-5-7-4-29-14-10(13(25)22(14)11(7)15(26)27)18-12(24)9(21-28-2)8(23)3-17/h10,14H,3-5H2,1-2H3,(H,18,24)(H,26,27)/t10-,14-/m1/s1. The molecule has 0 aromatic carbocycles. The van der Waals surface area contributed by atoms with Crippen LogP contribution < -0.4 is 5.32 Å². The minimum atomic E-state index is -1.22. The molecular formula is C16H16BrN5O6S3. The first kappa shape index (κ1) is 23.7. The largest absolute Gasteiger partial charge is 0.477 e. The van der Waals surface area contributed by atoms with Gasteiger partial charge in [0.25, 0.3) is 11.8 Å². The Morgan fingerprint density at radius 1 is 1.42 bits per heavy atom. The number of nitrogens with zero attached hydrogens (tertiary/aromatic N) is 4. The fourth-order valence-corrected chi connectivity index (χ4v) is 6.43. The number of amides is 2. The Labute approximate surface area is 197 Å². The number of fused-ring (bicyclic) bond motifs is 1. The number of halogens is 1. The molecule has 0 bridgehead atoms. The van der Waals surface area contributed by atoms with Crippen LogP contribution in [-0.4, -0.2) is 84.8 Å². The van der Waals surface area contributed by atoms with Crippen LogP contribution >= 0.6 is 50.8 Å². The topological polar surface area (TPSA) is 151 Å². The maximum atomic E-state index is 12.7. The van der Waals surface area contributed by atoms with Crippen LogP contribution in [0.2, 0.25) is 0 Å². The van der Waals surface area contributed by atoms with E-state index >= 15 is 0 Å². The lowest BCUT2D eigenvalue weighted by Gasteiger charge is -2.49. The maximum absolute atomic E-state index is 12.7. The summed E-state index contributed by atoms with van der Waals surface area (Å²) in [4.78, 5) is 54.6. The van der Waals surface area contributed by atoms with Crippen LogP contribution in [0.1, 0.15) is 5.01 Å². The highest BCUT2D eigenvalue weighted by Crippen LogP contribution is 2.41. The van der Waals surface area contributed by atoms with E-state index in [9.17, 15) is 24.3 Å². The van der Waals surface area contributed by atoms with E-state index in [2.05, 4.69) is 41.4 Å². The molecule has 1 aromatic rings. The summed E-state index contributed by atoms with van der Waals surface area (Å²) >= 11 is 7.05. The lowest BCUT2D eigenvalue weighted by molar-refractivity contribution is -0.150. The van der Waals surface area contributed by atoms with Gasteiger partial charge in [-0.3, -0.25) is 19.3 Å². The van der Waals surface area contributed by atoms with E-state index in [0.29, 0.717) is 21.4 Å². The number of aromatic nitrogens is 2. The summed E-state index contributed by atoms with van der Waals surface area (Å²) in [6.45, 7) is 1.83. The van der Waals surface area contributed by atoms with Gasteiger partial charge in [-0.05, 0) is 12.5 Å². The van der Waals surface area contributed by atoms with E-state index in [4.69, 9.17) is 0 Å². The summed E-state index contributed by atoms with van der Waals surface area (Å²) in [5, 5.41) is 23.6. The molecule has 1 aromatic heterocycles. The van der Waals surface area contributed by atoms with Crippen molar-refractivity contribution in [1.82, 2.24) is 20.4 Å². The lowest BCUT2D eigenvalue weighted by atomic mass is 10.0. The summed E-state index contributed by atoms with van der Waals surface area (Å²) in [7, 11) is 1.19. The summed E-state index contributed by atoms with van der Waals surface area (Å²) in [5.74, 6) is -2.55. The van der Waals surface area contributed by atoms with E-state index in [-0.39, 0.29) is 11.0 Å². The van der Waals surface area contributed by atoms with E-state index in [0.717, 1.165) is 5.01 Å². The fourth-order valence-electron chi connectivity index (χ4n) is 2.86. The van der Waals surface area contributed by atoms with Gasteiger partial charge in [0.05, 0.1) is 5.33 Å². The third-order valence-electron chi connectivity index (χ3n) is 4.20. The average molecular weight is 550 g/mol. The second kappa shape index (κ2) is 10.1. The van der Waals surface area contributed by atoms with Crippen LogP contribution in [0.15, 0.2) is 20.8 Å². The normalized spacial score (nSPS) is 20.8. The Bertz CT molecular complexity index is 996. The Morgan fingerprint density at radius 2 is 2.16 bits per heavy atom. The number of aliphatic carboxylic acids is 1. The number of ketones is 1. The molecule has 2 amide bonds. The number of Topliss-reactive ketones (excluding diaryl/α,β-unsaturated/α-hetero) is 1. The third kappa shape index (κ3) is 4.94. The van der Waals surface area contributed by atoms with Gasteiger partial charge in [-0.2, -0.15) is 0 Å². The van der Waals surface area contributed by atoms with Crippen molar-refractivity contribution in [3.63, 3.8) is 0 Å². The number of oxime groups is 1. The molecule has 31 heavy (non-hydrogen) atoms. The second-order valence-corrected chi connectivity index (χ2v) is 10.2. The third-order valence-corrected chi connectivity index (χ3v) is 8.10. The smallest absolute Gasteiger partial charge is 0.352 e. The van der Waals surface area contributed by atoms with Crippen LogP contribution in [0, 0.1) is 6.92 Å². The van der Waals surface area contributed by atoms with Gasteiger partial charge in [-0.1, -0.05) is 44.2 Å². The molecule has 0 saturated carbocycles. The number of aryl methyl sites for hydroxylation is 1. The maximum Gasteiger partial charge on any atom is 0.352 e. The summed E-state index contributed by atoms with van der Waals surface area (Å²) in [6, 6.07) is -0.975. The molecule has 1 saturated heterocycles. The number of rotatable bonds is 9. The quantitative estimate of drug-likeness (QED) is 0.112. The van der Waals surface area contributed by atoms with Gasteiger partial charge in [0.15, 0.2) is 4.34 Å². The first-order valence-corrected chi connectivity index (χ1v) is 12.6. The minimum Gasteiger partial charge on any atom is -0.477 e. The second-order valence-electron chi connectivity index (χ2n) is 6.17. The van der Waals surface area contributed by atoms with Gasteiger partial charge >= 0.3 is 5.97 Å². The molecule has 2 N–H and O–H groups in total. The lowest BCUT2D eigenvalue weighted by Crippen LogP contribution is -2.71. The highest BCUT2D eigenvalue weighted by atomic mass is 79.9. The van der Waals surface area contributed by atoms with Crippen molar-refractivity contribution in [3.8, 4) is 0 Å². The van der Waals surface area contributed by atoms with Crippen molar-refractivity contribution < 1.29 is 29.1 Å². The van der Waals surface area contributed by atoms with Gasteiger partial charge < -0.3 is 15.3 Å². The number of alkyl halides is 1. The van der Waals surface area contributed by atoms with Gasteiger partial charge in [-0.25, -0.2) is 4.79 Å². The molecule has 0 unspecified atom stereocenters. The minimum absolute atomic E-state index is 0.0877. The Morgan fingerprint density at radius 3 is 2.74 bits per heavy atom. The SMILES string of the molecule is CON=C(C(=O)CBr)C(=O)N[C@@H]1C(=O)N2C(C(=O)O)=C(CSc3nnc(C)s3)CS[C@H]12. The summed E-state index contributed by atoms with van der Waals surface area (Å²) in [6.07, 6.45) is 0. The molecule has 3 heterocycles. The molecule has 3 rings (SSSR count). The van der Waals surface area contributed by atoms with Crippen molar-refractivity contribution >= 4 is 80.1 Å². The zero-order chi connectivity index (χ0) is 22.7. The van der Waals surface area contributed by atoms with E-state index in [1.165, 1.54) is 46.9 Å². The molecule has 0 radical (unpaired) electrons. The molecule has 11 nitrogen and oxygen atoms in total. The Kier molecular flexibility index (Phi) is 7.72. The predicted octanol–water partition coefficient (Wildman–Crippen LogP) is 0.644. The number of carbonyl (C=O) groups excluding carboxylic acids is 3. The molecule has 2 aliphatic heterocycles. The number of thioether (sulfide) groups is 2. The number of carbonyl (C=O) groups is 4. The summed E-state index contributed by atoms with van der Waals surface area (Å²) < 4.78 is 0.711. The molecule has 2 aliphatic rings. The predicted molar refractivity (Wildman–Crippen MR) is 118 cm³/mol. The highest BCUT2D eigenvalue weighted by molar-refractivity contribution is 9.09. The van der Waals surface area contributed by atoms with Crippen LogP contribution in [-0.2, 0) is 24.0 Å². The van der Waals surface area contributed by atoms with Crippen molar-refractivity contribution in [2.75, 3.05) is 23.9 Å². The number of carboxylic acids is 1. The number of hydrogen-bond acceptors (Lipinski definition) is 11. The molecule has 0 aliphatic carbocycles. The van der Waals surface area contributed by atoms with Crippen molar-refractivity contribution in [2.45, 2.75) is 22.7 Å². The van der Waals surface area contributed by atoms with Crippen LogP contribution in [0.4, 0.5) is 0 Å².